The Balaban J connectivity index is 2.50. The highest BCUT2D eigenvalue weighted by Gasteiger charge is 2.11. The summed E-state index contributed by atoms with van der Waals surface area (Å²) in [7, 11) is 0. The molecule has 0 saturated carbocycles. The van der Waals surface area contributed by atoms with Crippen LogP contribution < -0.4 is 5.32 Å². The van der Waals surface area contributed by atoms with Crippen LogP contribution in [0.4, 0.5) is 10.2 Å². The van der Waals surface area contributed by atoms with Crippen LogP contribution in [0.3, 0.4) is 0 Å². The number of hydrogen-bond acceptors (Lipinski definition) is 3. The molecule has 0 aliphatic rings. The van der Waals surface area contributed by atoms with Crippen LogP contribution in [0.5, 0.6) is 0 Å². The number of rotatable bonds is 5. The maximum Gasteiger partial charge on any atom is 0.162 e. The van der Waals surface area contributed by atoms with Crippen molar-refractivity contribution in [1.82, 2.24) is 9.97 Å². The third-order valence-electron chi connectivity index (χ3n) is 3.19. The molecule has 2 aromatic rings. The molecule has 21 heavy (non-hydrogen) atoms. The van der Waals surface area contributed by atoms with Gasteiger partial charge < -0.3 is 5.32 Å². The zero-order valence-electron chi connectivity index (χ0n) is 13.1. The summed E-state index contributed by atoms with van der Waals surface area (Å²) in [6.45, 7) is 9.07. The molecule has 0 bridgehead atoms. The first-order valence-corrected chi connectivity index (χ1v) is 7.38. The van der Waals surface area contributed by atoms with E-state index in [1.165, 1.54) is 12.1 Å². The molecule has 1 N–H and O–H groups in total. The van der Waals surface area contributed by atoms with Gasteiger partial charge in [-0.2, -0.15) is 0 Å². The van der Waals surface area contributed by atoms with Crippen LogP contribution in [0.2, 0.25) is 0 Å². The van der Waals surface area contributed by atoms with Gasteiger partial charge in [0.1, 0.15) is 11.6 Å². The fourth-order valence-electron chi connectivity index (χ4n) is 2.25. The second kappa shape index (κ2) is 6.66. The van der Waals surface area contributed by atoms with Gasteiger partial charge in [-0.05, 0) is 43.9 Å². The van der Waals surface area contributed by atoms with Gasteiger partial charge in [0.05, 0.1) is 0 Å². The molecular weight excluding hydrogens is 265 g/mol. The lowest BCUT2D eigenvalue weighted by Crippen LogP contribution is -2.06. The summed E-state index contributed by atoms with van der Waals surface area (Å²) in [5, 5.41) is 3.22. The third kappa shape index (κ3) is 4.00. The van der Waals surface area contributed by atoms with Crippen molar-refractivity contribution in [1.29, 1.82) is 0 Å². The molecule has 3 nitrogen and oxygen atoms in total. The minimum absolute atomic E-state index is 0.265. The van der Waals surface area contributed by atoms with Gasteiger partial charge >= 0.3 is 0 Å². The number of nitrogens with one attached hydrogen (secondary N) is 1. The number of aryl methyl sites for hydroxylation is 1. The second-order valence-electron chi connectivity index (χ2n) is 5.66. The smallest absolute Gasteiger partial charge is 0.162 e. The van der Waals surface area contributed by atoms with Crippen LogP contribution in [-0.2, 0) is 6.42 Å². The van der Waals surface area contributed by atoms with E-state index < -0.39 is 0 Å². The second-order valence-corrected chi connectivity index (χ2v) is 5.66. The van der Waals surface area contributed by atoms with Gasteiger partial charge in [-0.1, -0.05) is 19.9 Å². The Bertz CT molecular complexity index is 623. The van der Waals surface area contributed by atoms with E-state index in [9.17, 15) is 4.39 Å². The zero-order valence-corrected chi connectivity index (χ0v) is 13.1. The molecule has 1 aromatic heterocycles. The minimum Gasteiger partial charge on any atom is -0.370 e. The van der Waals surface area contributed by atoms with Gasteiger partial charge in [-0.15, -0.1) is 0 Å². The molecule has 4 heteroatoms. The summed E-state index contributed by atoms with van der Waals surface area (Å²) in [5.41, 5.74) is 2.70. The number of benzene rings is 1. The fraction of sp³-hybridized carbons (Fsp3) is 0.412. The van der Waals surface area contributed by atoms with Crippen molar-refractivity contribution >= 4 is 5.82 Å². The molecule has 0 saturated heterocycles. The quantitative estimate of drug-likeness (QED) is 0.894. The first-order chi connectivity index (χ1) is 9.99. The zero-order chi connectivity index (χ0) is 15.4. The van der Waals surface area contributed by atoms with Gasteiger partial charge in [0, 0.05) is 23.9 Å². The topological polar surface area (TPSA) is 37.8 Å². The average Bonchev–Trinajstić information content (AvgIpc) is 2.41. The maximum absolute atomic E-state index is 13.5. The molecule has 112 valence electrons. The number of hydrogen-bond donors (Lipinski definition) is 1. The van der Waals surface area contributed by atoms with Crippen LogP contribution in [0.25, 0.3) is 11.4 Å². The van der Waals surface area contributed by atoms with Crippen molar-refractivity contribution in [3.8, 4) is 11.4 Å². The van der Waals surface area contributed by atoms with E-state index in [4.69, 9.17) is 0 Å². The Morgan fingerprint density at radius 1 is 1.19 bits per heavy atom. The minimum atomic E-state index is -0.265. The van der Waals surface area contributed by atoms with Crippen molar-refractivity contribution in [3.05, 3.63) is 41.3 Å². The Morgan fingerprint density at radius 3 is 2.62 bits per heavy atom. The lowest BCUT2D eigenvalue weighted by molar-refractivity contribution is 0.627. The third-order valence-corrected chi connectivity index (χ3v) is 3.19. The van der Waals surface area contributed by atoms with E-state index in [1.807, 2.05) is 19.9 Å². The predicted octanol–water partition coefficient (Wildman–Crippen LogP) is 4.22. The normalized spacial score (nSPS) is 11.0. The summed E-state index contributed by atoms with van der Waals surface area (Å²) in [4.78, 5) is 9.12. The highest BCUT2D eigenvalue weighted by atomic mass is 19.1. The molecule has 0 aliphatic carbocycles. The van der Waals surface area contributed by atoms with Crippen LogP contribution in [-0.4, -0.2) is 16.5 Å². The van der Waals surface area contributed by atoms with Gasteiger partial charge in [-0.25, -0.2) is 14.4 Å². The molecule has 1 aromatic carbocycles. The monoisotopic (exact) mass is 287 g/mol. The summed E-state index contributed by atoms with van der Waals surface area (Å²) in [6.07, 6.45) is 0.877. The van der Waals surface area contributed by atoms with Crippen LogP contribution in [0.1, 0.15) is 32.0 Å². The fourth-order valence-corrected chi connectivity index (χ4v) is 2.25. The van der Waals surface area contributed by atoms with Gasteiger partial charge in [0.2, 0.25) is 0 Å². The number of nitrogens with zero attached hydrogens (tertiary/aromatic N) is 2. The Kier molecular flexibility index (Phi) is 4.89. The van der Waals surface area contributed by atoms with Crippen LogP contribution in [0.15, 0.2) is 24.3 Å². The number of anilines is 1. The molecular formula is C17H22FN3. The lowest BCUT2D eigenvalue weighted by Gasteiger charge is -2.12. The van der Waals surface area contributed by atoms with E-state index in [0.717, 1.165) is 35.6 Å². The Morgan fingerprint density at radius 2 is 1.95 bits per heavy atom. The van der Waals surface area contributed by atoms with Crippen molar-refractivity contribution < 1.29 is 4.39 Å². The molecule has 0 aliphatic heterocycles. The van der Waals surface area contributed by atoms with Gasteiger partial charge in [0.25, 0.3) is 0 Å². The van der Waals surface area contributed by atoms with Crippen molar-refractivity contribution in [2.45, 2.75) is 34.1 Å². The Labute approximate surface area is 125 Å². The number of aromatic nitrogens is 2. The van der Waals surface area contributed by atoms with E-state index >= 15 is 0 Å². The van der Waals surface area contributed by atoms with Crippen LogP contribution in [0, 0.1) is 18.7 Å². The van der Waals surface area contributed by atoms with Crippen molar-refractivity contribution in [2.75, 3.05) is 11.9 Å². The van der Waals surface area contributed by atoms with E-state index in [-0.39, 0.29) is 5.82 Å². The van der Waals surface area contributed by atoms with E-state index in [2.05, 4.69) is 29.1 Å². The molecule has 0 amide bonds. The molecule has 0 atom stereocenters. The number of halogens is 1. The molecule has 2 rings (SSSR count). The SMILES string of the molecule is CCNc1cc(CC(C)C)nc(-c2cc(F)ccc2C)n1. The Hall–Kier alpha value is -1.97. The summed E-state index contributed by atoms with van der Waals surface area (Å²) >= 11 is 0. The highest BCUT2D eigenvalue weighted by Crippen LogP contribution is 2.23. The standard InChI is InChI=1S/C17H22FN3/c1-5-19-16-10-14(8-11(2)3)20-17(21-16)15-9-13(18)7-6-12(15)4/h6-7,9-11H,5,8H2,1-4H3,(H,19,20,21). The predicted molar refractivity (Wildman–Crippen MR) is 84.9 cm³/mol. The largest absolute Gasteiger partial charge is 0.370 e. The summed E-state index contributed by atoms with van der Waals surface area (Å²) in [6, 6.07) is 6.69. The summed E-state index contributed by atoms with van der Waals surface area (Å²) < 4.78 is 13.5. The first kappa shape index (κ1) is 15.4. The summed E-state index contributed by atoms with van der Waals surface area (Å²) in [5.74, 6) is 1.62. The average molecular weight is 287 g/mol. The van der Waals surface area contributed by atoms with E-state index in [1.54, 1.807) is 6.07 Å². The maximum atomic E-state index is 13.5. The highest BCUT2D eigenvalue weighted by molar-refractivity contribution is 5.62. The van der Waals surface area contributed by atoms with Crippen LogP contribution >= 0.6 is 0 Å². The van der Waals surface area contributed by atoms with Crippen molar-refractivity contribution in [3.63, 3.8) is 0 Å². The first-order valence-electron chi connectivity index (χ1n) is 7.38. The molecule has 0 spiro atoms. The molecule has 0 fully saturated rings. The molecule has 1 heterocycles. The van der Waals surface area contributed by atoms with Gasteiger partial charge in [-0.3, -0.25) is 0 Å². The molecule has 0 radical (unpaired) electrons. The lowest BCUT2D eigenvalue weighted by atomic mass is 10.1. The molecule has 0 unspecified atom stereocenters. The van der Waals surface area contributed by atoms with Crippen molar-refractivity contribution in [2.24, 2.45) is 5.92 Å². The van der Waals surface area contributed by atoms with E-state index in [0.29, 0.717) is 11.7 Å². The van der Waals surface area contributed by atoms with Gasteiger partial charge in [0.15, 0.2) is 5.82 Å².